The zero-order chi connectivity index (χ0) is 22.2. The van der Waals surface area contributed by atoms with Crippen LogP contribution in [-0.4, -0.2) is 24.5 Å². The zero-order valence-electron chi connectivity index (χ0n) is 18.4. The fraction of sp³-hybridized carbons (Fsp3) is 0.222. The van der Waals surface area contributed by atoms with E-state index in [4.69, 9.17) is 14.2 Å². The topological polar surface area (TPSA) is 48.0 Å². The third kappa shape index (κ3) is 3.55. The minimum Gasteiger partial charge on any atom is -0.497 e. The number of fused-ring (bicyclic) bond motifs is 3. The van der Waals surface area contributed by atoms with Crippen LogP contribution in [0.4, 0.5) is 0 Å². The van der Waals surface area contributed by atoms with Crippen molar-refractivity contribution in [3.8, 4) is 17.2 Å². The average molecular weight is 428 g/mol. The highest BCUT2D eigenvalue weighted by molar-refractivity contribution is 6.15. The fourth-order valence-electron chi connectivity index (χ4n) is 4.29. The number of aryl methyl sites for hydroxylation is 1. The Morgan fingerprint density at radius 2 is 1.84 bits per heavy atom. The Kier molecular flexibility index (Phi) is 5.19. The highest BCUT2D eigenvalue weighted by atomic mass is 16.5. The van der Waals surface area contributed by atoms with Crippen LogP contribution in [0.15, 0.2) is 66.4 Å². The van der Waals surface area contributed by atoms with Crippen molar-refractivity contribution in [2.45, 2.75) is 26.4 Å². The lowest BCUT2D eigenvalue weighted by molar-refractivity contribution is 0.0605. The maximum atomic E-state index is 13.2. The van der Waals surface area contributed by atoms with E-state index in [0.717, 1.165) is 28.2 Å². The van der Waals surface area contributed by atoms with Crippen molar-refractivity contribution in [3.05, 3.63) is 94.2 Å². The van der Waals surface area contributed by atoms with Crippen molar-refractivity contribution in [1.82, 2.24) is 4.90 Å². The van der Waals surface area contributed by atoms with Crippen LogP contribution in [0.25, 0.3) is 6.08 Å². The van der Waals surface area contributed by atoms with Gasteiger partial charge in [-0.2, -0.15) is 0 Å². The molecule has 2 heterocycles. The summed E-state index contributed by atoms with van der Waals surface area (Å²) < 4.78 is 17.5. The number of benzene rings is 3. The van der Waals surface area contributed by atoms with Crippen molar-refractivity contribution in [2.24, 2.45) is 0 Å². The minimum absolute atomic E-state index is 0.0932. The van der Waals surface area contributed by atoms with E-state index in [9.17, 15) is 4.79 Å². The number of carbonyl (C=O) groups is 1. The summed E-state index contributed by atoms with van der Waals surface area (Å²) in [6.07, 6.45) is 1.78. The van der Waals surface area contributed by atoms with Gasteiger partial charge in [0.1, 0.15) is 24.0 Å². The van der Waals surface area contributed by atoms with Gasteiger partial charge >= 0.3 is 0 Å². The summed E-state index contributed by atoms with van der Waals surface area (Å²) in [6, 6.07) is 20.0. The summed E-state index contributed by atoms with van der Waals surface area (Å²) >= 11 is 0. The van der Waals surface area contributed by atoms with Crippen molar-refractivity contribution >= 4 is 11.9 Å². The first kappa shape index (κ1) is 20.3. The first-order chi connectivity index (χ1) is 15.5. The lowest BCUT2D eigenvalue weighted by Gasteiger charge is -2.34. The molecule has 2 aliphatic rings. The second-order valence-corrected chi connectivity index (χ2v) is 8.19. The smallest absolute Gasteiger partial charge is 0.232 e. The normalized spacial score (nSPS) is 17.3. The van der Waals surface area contributed by atoms with Gasteiger partial charge in [-0.3, -0.25) is 9.69 Å². The van der Waals surface area contributed by atoms with E-state index in [1.165, 1.54) is 5.56 Å². The number of hydrogen-bond acceptors (Lipinski definition) is 5. The van der Waals surface area contributed by atoms with Crippen LogP contribution in [0.2, 0.25) is 0 Å². The van der Waals surface area contributed by atoms with Crippen LogP contribution in [0.3, 0.4) is 0 Å². The zero-order valence-corrected chi connectivity index (χ0v) is 18.4. The molecular weight excluding hydrogens is 402 g/mol. The van der Waals surface area contributed by atoms with E-state index in [1.54, 1.807) is 13.2 Å². The standard InChI is InChI=1S/C27H25NO4/c1-17-13-23-22(15-28(16-31-23)18(2)20-7-5-4-6-8-20)27-25(17)26(29)24(32-27)14-19-9-11-21(30-3)12-10-19/h4-14,18H,15-16H2,1-3H3/b24-14-. The first-order valence-electron chi connectivity index (χ1n) is 10.7. The lowest BCUT2D eigenvalue weighted by atomic mass is 9.98. The van der Waals surface area contributed by atoms with Crippen LogP contribution in [0.1, 0.15) is 45.6 Å². The monoisotopic (exact) mass is 427 g/mol. The number of hydrogen-bond donors (Lipinski definition) is 0. The van der Waals surface area contributed by atoms with Crippen LogP contribution in [-0.2, 0) is 6.54 Å². The Morgan fingerprint density at radius 3 is 2.56 bits per heavy atom. The molecule has 0 aliphatic carbocycles. The Bertz CT molecular complexity index is 1200. The Balaban J connectivity index is 1.47. The Labute approximate surface area is 187 Å². The van der Waals surface area contributed by atoms with Gasteiger partial charge in [-0.05, 0) is 54.8 Å². The molecule has 0 spiro atoms. The molecule has 3 aromatic carbocycles. The van der Waals surface area contributed by atoms with Gasteiger partial charge < -0.3 is 14.2 Å². The Hall–Kier alpha value is -3.57. The van der Waals surface area contributed by atoms with Crippen LogP contribution in [0.5, 0.6) is 17.2 Å². The second-order valence-electron chi connectivity index (χ2n) is 8.19. The molecule has 5 nitrogen and oxygen atoms in total. The predicted molar refractivity (Wildman–Crippen MR) is 123 cm³/mol. The van der Waals surface area contributed by atoms with Gasteiger partial charge in [0.2, 0.25) is 5.78 Å². The van der Waals surface area contributed by atoms with E-state index in [2.05, 4.69) is 24.0 Å². The van der Waals surface area contributed by atoms with Crippen molar-refractivity contribution in [2.75, 3.05) is 13.8 Å². The summed E-state index contributed by atoms with van der Waals surface area (Å²) in [6.45, 7) is 5.24. The molecule has 0 amide bonds. The maximum Gasteiger partial charge on any atom is 0.232 e. The third-order valence-electron chi connectivity index (χ3n) is 6.19. The van der Waals surface area contributed by atoms with E-state index >= 15 is 0 Å². The van der Waals surface area contributed by atoms with E-state index in [-0.39, 0.29) is 11.8 Å². The average Bonchev–Trinajstić information content (AvgIpc) is 3.16. The molecule has 1 unspecified atom stereocenters. The molecule has 32 heavy (non-hydrogen) atoms. The highest BCUT2D eigenvalue weighted by Gasteiger charge is 2.36. The molecule has 0 fully saturated rings. The SMILES string of the molecule is COc1ccc(/C=C2\Oc3c4c(cc(C)c3C2=O)OCN(C(C)c2ccccc2)C4)cc1. The molecule has 5 rings (SSSR count). The van der Waals surface area contributed by atoms with Crippen LogP contribution >= 0.6 is 0 Å². The van der Waals surface area contributed by atoms with Crippen molar-refractivity contribution in [1.29, 1.82) is 0 Å². The summed E-state index contributed by atoms with van der Waals surface area (Å²) in [7, 11) is 1.63. The number of nitrogens with zero attached hydrogens (tertiary/aromatic N) is 1. The molecule has 3 aromatic rings. The highest BCUT2D eigenvalue weighted by Crippen LogP contribution is 2.45. The molecule has 162 valence electrons. The molecule has 0 aromatic heterocycles. The third-order valence-corrected chi connectivity index (χ3v) is 6.19. The summed E-state index contributed by atoms with van der Waals surface area (Å²) in [5.41, 5.74) is 4.52. The molecule has 0 saturated carbocycles. The first-order valence-corrected chi connectivity index (χ1v) is 10.7. The number of ether oxygens (including phenoxy) is 3. The van der Waals surface area contributed by atoms with E-state index in [0.29, 0.717) is 30.3 Å². The quantitative estimate of drug-likeness (QED) is 0.512. The fourth-order valence-corrected chi connectivity index (χ4v) is 4.29. The number of Topliss-reactive ketones (excluding diaryl/α,β-unsaturated/α-hetero) is 1. The van der Waals surface area contributed by atoms with E-state index in [1.807, 2.05) is 55.5 Å². The Morgan fingerprint density at radius 1 is 1.09 bits per heavy atom. The van der Waals surface area contributed by atoms with Gasteiger partial charge in [0, 0.05) is 12.6 Å². The minimum atomic E-state index is -0.0932. The predicted octanol–water partition coefficient (Wildman–Crippen LogP) is 5.53. The van der Waals surface area contributed by atoms with Crippen LogP contribution < -0.4 is 14.2 Å². The molecule has 2 aliphatic heterocycles. The molecule has 5 heteroatoms. The number of carbonyl (C=O) groups excluding carboxylic acids is 1. The molecule has 1 atom stereocenters. The second kappa shape index (κ2) is 8.17. The maximum absolute atomic E-state index is 13.2. The number of rotatable bonds is 4. The molecule has 0 saturated heterocycles. The largest absolute Gasteiger partial charge is 0.497 e. The van der Waals surface area contributed by atoms with E-state index < -0.39 is 0 Å². The van der Waals surface area contributed by atoms with Gasteiger partial charge in [-0.25, -0.2) is 0 Å². The number of ketones is 1. The molecule has 0 bridgehead atoms. The summed E-state index contributed by atoms with van der Waals surface area (Å²) in [5.74, 6) is 2.41. The number of allylic oxidation sites excluding steroid dienone is 1. The molecule has 0 N–H and O–H groups in total. The van der Waals surface area contributed by atoms with Crippen LogP contribution in [0, 0.1) is 6.92 Å². The van der Waals surface area contributed by atoms with Gasteiger partial charge in [0.05, 0.1) is 18.2 Å². The van der Waals surface area contributed by atoms with Gasteiger partial charge in [-0.1, -0.05) is 42.5 Å². The van der Waals surface area contributed by atoms with Gasteiger partial charge in [-0.15, -0.1) is 0 Å². The van der Waals surface area contributed by atoms with Crippen molar-refractivity contribution in [3.63, 3.8) is 0 Å². The lowest BCUT2D eigenvalue weighted by Crippen LogP contribution is -2.34. The van der Waals surface area contributed by atoms with Crippen molar-refractivity contribution < 1.29 is 19.0 Å². The summed E-state index contributed by atoms with van der Waals surface area (Å²) in [4.78, 5) is 15.4. The molecule has 0 radical (unpaired) electrons. The van der Waals surface area contributed by atoms with Gasteiger partial charge in [0.25, 0.3) is 0 Å². The van der Waals surface area contributed by atoms with Gasteiger partial charge in [0.15, 0.2) is 5.76 Å². The summed E-state index contributed by atoms with van der Waals surface area (Å²) in [5, 5.41) is 0. The number of methoxy groups -OCH3 is 1. The molecular formula is C27H25NO4.